The van der Waals surface area contributed by atoms with Crippen molar-refractivity contribution in [2.24, 2.45) is 0 Å². The zero-order valence-corrected chi connectivity index (χ0v) is 10.7. The molecule has 1 N–H and O–H groups in total. The molecule has 0 spiro atoms. The molecule has 2 aromatic rings. The van der Waals surface area contributed by atoms with Crippen LogP contribution < -0.4 is 0 Å². The van der Waals surface area contributed by atoms with E-state index < -0.39 is 6.10 Å². The second kappa shape index (κ2) is 4.57. The van der Waals surface area contributed by atoms with E-state index in [0.717, 1.165) is 22.8 Å². The van der Waals surface area contributed by atoms with E-state index in [9.17, 15) is 5.11 Å². The Balaban J connectivity index is 2.40. The molecule has 0 bridgehead atoms. The van der Waals surface area contributed by atoms with Gasteiger partial charge in [-0.05, 0) is 31.4 Å². The number of rotatable bonds is 3. The van der Waals surface area contributed by atoms with E-state index in [2.05, 4.69) is 5.10 Å². The third kappa shape index (κ3) is 2.00. The van der Waals surface area contributed by atoms with E-state index in [1.54, 1.807) is 10.7 Å². The molecule has 3 nitrogen and oxygen atoms in total. The summed E-state index contributed by atoms with van der Waals surface area (Å²) in [7, 11) is 0. The minimum atomic E-state index is -0.686. The summed E-state index contributed by atoms with van der Waals surface area (Å²) in [6.45, 7) is 4.65. The Hall–Kier alpha value is -0.840. The van der Waals surface area contributed by atoms with Gasteiger partial charge in [-0.25, -0.2) is 0 Å². The number of aliphatic hydroxyl groups is 1. The number of hydrogen-bond donors (Lipinski definition) is 1. The molecule has 0 aliphatic carbocycles. The summed E-state index contributed by atoms with van der Waals surface area (Å²) in [5.74, 6) is 0. The minimum Gasteiger partial charge on any atom is -0.381 e. The van der Waals surface area contributed by atoms with Crippen molar-refractivity contribution >= 4 is 22.9 Å². The first-order valence-electron chi connectivity index (χ1n) is 5.08. The van der Waals surface area contributed by atoms with E-state index in [1.807, 2.05) is 25.3 Å². The van der Waals surface area contributed by atoms with Gasteiger partial charge >= 0.3 is 0 Å². The molecule has 0 aromatic carbocycles. The maximum atomic E-state index is 10.3. The molecule has 2 aromatic heterocycles. The molecule has 0 fully saturated rings. The monoisotopic (exact) mass is 256 g/mol. The fourth-order valence-corrected chi connectivity index (χ4v) is 2.83. The molecule has 16 heavy (non-hydrogen) atoms. The Morgan fingerprint density at radius 2 is 2.38 bits per heavy atom. The molecule has 2 rings (SSSR count). The van der Waals surface area contributed by atoms with Crippen molar-refractivity contribution in [1.29, 1.82) is 0 Å². The zero-order valence-electron chi connectivity index (χ0n) is 9.14. The lowest BCUT2D eigenvalue weighted by Gasteiger charge is -2.11. The summed E-state index contributed by atoms with van der Waals surface area (Å²) in [5.41, 5.74) is 1.70. The summed E-state index contributed by atoms with van der Waals surface area (Å²) in [5, 5.41) is 17.0. The third-order valence-electron chi connectivity index (χ3n) is 2.41. The maximum Gasteiger partial charge on any atom is 0.131 e. The van der Waals surface area contributed by atoms with Gasteiger partial charge in [0.1, 0.15) is 6.10 Å². The molecule has 0 amide bonds. The highest BCUT2D eigenvalue weighted by molar-refractivity contribution is 7.10. The number of nitrogens with zero attached hydrogens (tertiary/aromatic N) is 2. The molecular weight excluding hydrogens is 244 g/mol. The van der Waals surface area contributed by atoms with Crippen molar-refractivity contribution in [2.75, 3.05) is 0 Å². The van der Waals surface area contributed by atoms with Gasteiger partial charge in [-0.15, -0.1) is 11.3 Å². The number of aromatic nitrogens is 2. The van der Waals surface area contributed by atoms with Crippen LogP contribution in [-0.4, -0.2) is 14.9 Å². The Morgan fingerprint density at radius 1 is 1.62 bits per heavy atom. The van der Waals surface area contributed by atoms with E-state index in [0.29, 0.717) is 5.02 Å². The highest BCUT2D eigenvalue weighted by atomic mass is 35.5. The molecule has 1 unspecified atom stereocenters. The van der Waals surface area contributed by atoms with E-state index in [4.69, 9.17) is 11.6 Å². The fraction of sp³-hybridized carbons (Fsp3) is 0.364. The number of halogens is 1. The smallest absolute Gasteiger partial charge is 0.131 e. The van der Waals surface area contributed by atoms with Gasteiger partial charge in [-0.2, -0.15) is 5.10 Å². The SMILES string of the molecule is CCn1nc(C)cc1C(O)c1sccc1Cl. The van der Waals surface area contributed by atoms with Crippen LogP contribution in [0.25, 0.3) is 0 Å². The van der Waals surface area contributed by atoms with Crippen molar-refractivity contribution < 1.29 is 5.11 Å². The summed E-state index contributed by atoms with van der Waals surface area (Å²) < 4.78 is 1.80. The average Bonchev–Trinajstić information content (AvgIpc) is 2.83. The van der Waals surface area contributed by atoms with Gasteiger partial charge in [-0.1, -0.05) is 11.6 Å². The van der Waals surface area contributed by atoms with Gasteiger partial charge in [0.05, 0.1) is 21.3 Å². The van der Waals surface area contributed by atoms with Gasteiger partial charge in [0, 0.05) is 6.54 Å². The molecule has 0 aliphatic rings. The maximum absolute atomic E-state index is 10.3. The number of aliphatic hydroxyl groups excluding tert-OH is 1. The van der Waals surface area contributed by atoms with Crippen LogP contribution in [0.3, 0.4) is 0 Å². The van der Waals surface area contributed by atoms with Crippen molar-refractivity contribution in [3.05, 3.63) is 38.8 Å². The molecule has 5 heteroatoms. The topological polar surface area (TPSA) is 38.0 Å². The highest BCUT2D eigenvalue weighted by Crippen LogP contribution is 2.32. The second-order valence-electron chi connectivity index (χ2n) is 3.56. The number of aryl methyl sites for hydroxylation is 2. The van der Waals surface area contributed by atoms with Crippen molar-refractivity contribution in [1.82, 2.24) is 9.78 Å². The van der Waals surface area contributed by atoms with Gasteiger partial charge in [0.15, 0.2) is 0 Å². The second-order valence-corrected chi connectivity index (χ2v) is 4.92. The molecular formula is C11H13ClN2OS. The number of hydrogen-bond acceptors (Lipinski definition) is 3. The Bertz CT molecular complexity index is 492. The highest BCUT2D eigenvalue weighted by Gasteiger charge is 2.19. The zero-order chi connectivity index (χ0) is 11.7. The molecule has 1 atom stereocenters. The first kappa shape index (κ1) is 11.6. The largest absolute Gasteiger partial charge is 0.381 e. The average molecular weight is 257 g/mol. The van der Waals surface area contributed by atoms with Crippen LogP contribution in [0.4, 0.5) is 0 Å². The predicted molar refractivity (Wildman–Crippen MR) is 66.0 cm³/mol. The van der Waals surface area contributed by atoms with Crippen LogP contribution in [0.1, 0.15) is 29.3 Å². The predicted octanol–water partition coefficient (Wildman–Crippen LogP) is 3.01. The van der Waals surface area contributed by atoms with Crippen LogP contribution >= 0.6 is 22.9 Å². The fourth-order valence-electron chi connectivity index (χ4n) is 1.67. The lowest BCUT2D eigenvalue weighted by atomic mass is 10.2. The number of thiophene rings is 1. The Kier molecular flexibility index (Phi) is 3.33. The Morgan fingerprint density at radius 3 is 2.94 bits per heavy atom. The minimum absolute atomic E-state index is 0.610. The first-order chi connectivity index (χ1) is 7.63. The van der Waals surface area contributed by atoms with Crippen molar-refractivity contribution in [3.8, 4) is 0 Å². The van der Waals surface area contributed by atoms with Gasteiger partial charge in [0.25, 0.3) is 0 Å². The van der Waals surface area contributed by atoms with Gasteiger partial charge in [0.2, 0.25) is 0 Å². The lowest BCUT2D eigenvalue weighted by Crippen LogP contribution is -2.08. The lowest BCUT2D eigenvalue weighted by molar-refractivity contribution is 0.212. The standard InChI is InChI=1S/C11H13ClN2OS/c1-3-14-9(6-7(2)13-14)10(15)11-8(12)4-5-16-11/h4-6,10,15H,3H2,1-2H3. The molecule has 0 saturated carbocycles. The van der Waals surface area contributed by atoms with E-state index in [-0.39, 0.29) is 0 Å². The quantitative estimate of drug-likeness (QED) is 0.917. The molecule has 0 saturated heterocycles. The van der Waals surface area contributed by atoms with Crippen molar-refractivity contribution in [3.63, 3.8) is 0 Å². The summed E-state index contributed by atoms with van der Waals surface area (Å²) in [6.07, 6.45) is -0.686. The van der Waals surface area contributed by atoms with Gasteiger partial charge in [-0.3, -0.25) is 4.68 Å². The van der Waals surface area contributed by atoms with Crippen LogP contribution in [0.2, 0.25) is 5.02 Å². The summed E-state index contributed by atoms with van der Waals surface area (Å²) in [4.78, 5) is 0.774. The van der Waals surface area contributed by atoms with Crippen LogP contribution in [0.5, 0.6) is 0 Å². The normalized spacial score (nSPS) is 13.0. The Labute approximate surface area is 103 Å². The molecule has 86 valence electrons. The molecule has 2 heterocycles. The van der Waals surface area contributed by atoms with Gasteiger partial charge < -0.3 is 5.11 Å². The third-order valence-corrected chi connectivity index (χ3v) is 3.82. The summed E-state index contributed by atoms with van der Waals surface area (Å²) >= 11 is 7.47. The van der Waals surface area contributed by atoms with Crippen LogP contribution in [0, 0.1) is 6.92 Å². The molecule has 0 aliphatic heterocycles. The van der Waals surface area contributed by atoms with Crippen LogP contribution in [-0.2, 0) is 6.54 Å². The van der Waals surface area contributed by atoms with Crippen molar-refractivity contribution in [2.45, 2.75) is 26.5 Å². The van der Waals surface area contributed by atoms with E-state index >= 15 is 0 Å². The first-order valence-corrected chi connectivity index (χ1v) is 6.34. The summed E-state index contributed by atoms with van der Waals surface area (Å²) in [6, 6.07) is 3.69. The van der Waals surface area contributed by atoms with E-state index in [1.165, 1.54) is 11.3 Å². The molecule has 0 radical (unpaired) electrons. The van der Waals surface area contributed by atoms with Crippen LogP contribution in [0.15, 0.2) is 17.5 Å².